The summed E-state index contributed by atoms with van der Waals surface area (Å²) in [6, 6.07) is 8.67. The monoisotopic (exact) mass is 261 g/mol. The van der Waals surface area contributed by atoms with Crippen molar-refractivity contribution in [3.05, 3.63) is 35.9 Å². The molecule has 0 saturated carbocycles. The van der Waals surface area contributed by atoms with Gasteiger partial charge in [0.15, 0.2) is 0 Å². The summed E-state index contributed by atoms with van der Waals surface area (Å²) in [5.41, 5.74) is 12.1. The molecule has 2 amide bonds. The maximum Gasteiger partial charge on any atom is 0.244 e. The molecule has 19 heavy (non-hydrogen) atoms. The second kappa shape index (κ2) is 5.84. The number of amides is 2. The molecule has 1 heterocycles. The van der Waals surface area contributed by atoms with Gasteiger partial charge < -0.3 is 16.4 Å². The Morgan fingerprint density at radius 2 is 1.74 bits per heavy atom. The van der Waals surface area contributed by atoms with Crippen LogP contribution in [0.4, 0.5) is 0 Å². The zero-order valence-electron chi connectivity index (χ0n) is 10.8. The standard InChI is InChI=1S/C14H19N3O2/c15-12(10-4-2-1-3-5-10)14(19)17-8-6-11(7-9-17)13(16)18/h1-5,11-12H,6-9,15H2,(H2,16,18). The van der Waals surface area contributed by atoms with E-state index in [0.717, 1.165) is 5.56 Å². The minimum absolute atomic E-state index is 0.0888. The first-order valence-corrected chi connectivity index (χ1v) is 6.48. The van der Waals surface area contributed by atoms with E-state index in [-0.39, 0.29) is 17.7 Å². The van der Waals surface area contributed by atoms with Crippen LogP contribution >= 0.6 is 0 Å². The number of hydrogen-bond donors (Lipinski definition) is 2. The number of benzene rings is 1. The number of primary amides is 1. The SMILES string of the molecule is NC(=O)C1CCN(C(=O)C(N)c2ccccc2)CC1. The van der Waals surface area contributed by atoms with E-state index in [4.69, 9.17) is 11.5 Å². The average molecular weight is 261 g/mol. The minimum Gasteiger partial charge on any atom is -0.369 e. The van der Waals surface area contributed by atoms with Gasteiger partial charge in [0.25, 0.3) is 0 Å². The lowest BCUT2D eigenvalue weighted by molar-refractivity contribution is -0.136. The number of piperidine rings is 1. The second-order valence-corrected chi connectivity index (χ2v) is 4.89. The minimum atomic E-state index is -0.633. The molecule has 1 aromatic rings. The number of nitrogens with two attached hydrogens (primary N) is 2. The molecule has 0 bridgehead atoms. The van der Waals surface area contributed by atoms with Crippen LogP contribution in [0.5, 0.6) is 0 Å². The molecule has 1 saturated heterocycles. The molecule has 2 rings (SSSR count). The van der Waals surface area contributed by atoms with Crippen molar-refractivity contribution in [3.63, 3.8) is 0 Å². The second-order valence-electron chi connectivity index (χ2n) is 4.89. The van der Waals surface area contributed by atoms with Gasteiger partial charge in [-0.15, -0.1) is 0 Å². The fourth-order valence-corrected chi connectivity index (χ4v) is 2.38. The van der Waals surface area contributed by atoms with Crippen molar-refractivity contribution in [2.24, 2.45) is 17.4 Å². The summed E-state index contributed by atoms with van der Waals surface area (Å²) in [6.07, 6.45) is 1.26. The number of rotatable bonds is 3. The maximum atomic E-state index is 12.3. The first kappa shape index (κ1) is 13.5. The van der Waals surface area contributed by atoms with Crippen molar-refractivity contribution < 1.29 is 9.59 Å². The van der Waals surface area contributed by atoms with Crippen LogP contribution in [0, 0.1) is 5.92 Å². The Hall–Kier alpha value is -1.88. The summed E-state index contributed by atoms with van der Waals surface area (Å²) in [5.74, 6) is -0.481. The molecule has 0 radical (unpaired) electrons. The predicted octanol–water partition coefficient (Wildman–Crippen LogP) is 0.410. The molecule has 0 spiro atoms. The lowest BCUT2D eigenvalue weighted by Gasteiger charge is -2.32. The van der Waals surface area contributed by atoms with Crippen molar-refractivity contribution in [1.29, 1.82) is 0 Å². The summed E-state index contributed by atoms with van der Waals surface area (Å²) < 4.78 is 0. The van der Waals surface area contributed by atoms with Gasteiger partial charge in [-0.2, -0.15) is 0 Å². The molecule has 1 aliphatic rings. The van der Waals surface area contributed by atoms with Crippen LogP contribution in [-0.4, -0.2) is 29.8 Å². The van der Waals surface area contributed by atoms with E-state index in [1.165, 1.54) is 0 Å². The highest BCUT2D eigenvalue weighted by molar-refractivity contribution is 5.83. The van der Waals surface area contributed by atoms with Gasteiger partial charge in [0.05, 0.1) is 0 Å². The first-order chi connectivity index (χ1) is 9.09. The highest BCUT2D eigenvalue weighted by atomic mass is 16.2. The molecule has 102 valence electrons. The molecule has 5 nitrogen and oxygen atoms in total. The first-order valence-electron chi connectivity index (χ1n) is 6.48. The Kier molecular flexibility index (Phi) is 4.16. The smallest absolute Gasteiger partial charge is 0.244 e. The molecule has 1 unspecified atom stereocenters. The molecular formula is C14H19N3O2. The molecule has 1 fully saturated rings. The quantitative estimate of drug-likeness (QED) is 0.825. The zero-order chi connectivity index (χ0) is 13.8. The van der Waals surface area contributed by atoms with Gasteiger partial charge in [-0.1, -0.05) is 30.3 Å². The van der Waals surface area contributed by atoms with Crippen LogP contribution in [0.25, 0.3) is 0 Å². The van der Waals surface area contributed by atoms with Crippen molar-refractivity contribution in [2.75, 3.05) is 13.1 Å². The molecule has 0 aliphatic carbocycles. The Balaban J connectivity index is 1.96. The van der Waals surface area contributed by atoms with E-state index in [2.05, 4.69) is 0 Å². The third-order valence-electron chi connectivity index (χ3n) is 3.63. The van der Waals surface area contributed by atoms with E-state index in [1.54, 1.807) is 4.90 Å². The van der Waals surface area contributed by atoms with E-state index in [1.807, 2.05) is 30.3 Å². The van der Waals surface area contributed by atoms with Crippen LogP contribution in [-0.2, 0) is 9.59 Å². The van der Waals surface area contributed by atoms with E-state index < -0.39 is 6.04 Å². The average Bonchev–Trinajstić information content (AvgIpc) is 2.46. The van der Waals surface area contributed by atoms with Gasteiger partial charge in [-0.3, -0.25) is 9.59 Å². The van der Waals surface area contributed by atoms with Gasteiger partial charge in [0.2, 0.25) is 11.8 Å². The number of carbonyl (C=O) groups is 2. The Bertz CT molecular complexity index is 453. The third-order valence-corrected chi connectivity index (χ3v) is 3.63. The summed E-state index contributed by atoms with van der Waals surface area (Å²) in [4.78, 5) is 25.1. The van der Waals surface area contributed by atoms with Crippen LogP contribution < -0.4 is 11.5 Å². The number of nitrogens with zero attached hydrogens (tertiary/aromatic N) is 1. The van der Waals surface area contributed by atoms with Crippen LogP contribution in [0.1, 0.15) is 24.4 Å². The van der Waals surface area contributed by atoms with Crippen molar-refractivity contribution in [3.8, 4) is 0 Å². The summed E-state index contributed by atoms with van der Waals surface area (Å²) in [7, 11) is 0. The normalized spacial score (nSPS) is 18.1. The van der Waals surface area contributed by atoms with E-state index in [9.17, 15) is 9.59 Å². The highest BCUT2D eigenvalue weighted by Crippen LogP contribution is 2.20. The fraction of sp³-hybridized carbons (Fsp3) is 0.429. The lowest BCUT2D eigenvalue weighted by Crippen LogP contribution is -2.45. The fourth-order valence-electron chi connectivity index (χ4n) is 2.38. The summed E-state index contributed by atoms with van der Waals surface area (Å²) in [6.45, 7) is 1.10. The predicted molar refractivity (Wildman–Crippen MR) is 71.9 cm³/mol. The van der Waals surface area contributed by atoms with Crippen molar-refractivity contribution >= 4 is 11.8 Å². The Morgan fingerprint density at radius 1 is 1.16 bits per heavy atom. The molecular weight excluding hydrogens is 242 g/mol. The zero-order valence-corrected chi connectivity index (χ0v) is 10.8. The van der Waals surface area contributed by atoms with Crippen molar-refractivity contribution in [2.45, 2.75) is 18.9 Å². The Labute approximate surface area is 112 Å². The molecule has 1 atom stereocenters. The lowest BCUT2D eigenvalue weighted by atomic mass is 9.95. The topological polar surface area (TPSA) is 89.4 Å². The summed E-state index contributed by atoms with van der Waals surface area (Å²) >= 11 is 0. The van der Waals surface area contributed by atoms with Gasteiger partial charge in [0.1, 0.15) is 6.04 Å². The van der Waals surface area contributed by atoms with Gasteiger partial charge in [-0.05, 0) is 18.4 Å². The van der Waals surface area contributed by atoms with Gasteiger partial charge >= 0.3 is 0 Å². The van der Waals surface area contributed by atoms with Crippen LogP contribution in [0.2, 0.25) is 0 Å². The van der Waals surface area contributed by atoms with Crippen molar-refractivity contribution in [1.82, 2.24) is 4.90 Å². The number of hydrogen-bond acceptors (Lipinski definition) is 3. The molecule has 4 N–H and O–H groups in total. The molecule has 1 aliphatic heterocycles. The van der Waals surface area contributed by atoms with E-state index >= 15 is 0 Å². The third kappa shape index (κ3) is 3.12. The largest absolute Gasteiger partial charge is 0.369 e. The van der Waals surface area contributed by atoms with Gasteiger partial charge in [-0.25, -0.2) is 0 Å². The summed E-state index contributed by atoms with van der Waals surface area (Å²) in [5, 5.41) is 0. The maximum absolute atomic E-state index is 12.3. The molecule has 0 aromatic heterocycles. The van der Waals surface area contributed by atoms with Gasteiger partial charge in [0, 0.05) is 19.0 Å². The van der Waals surface area contributed by atoms with Crippen LogP contribution in [0.15, 0.2) is 30.3 Å². The van der Waals surface area contributed by atoms with E-state index in [0.29, 0.717) is 25.9 Å². The van der Waals surface area contributed by atoms with Crippen LogP contribution in [0.3, 0.4) is 0 Å². The highest BCUT2D eigenvalue weighted by Gasteiger charge is 2.28. The Morgan fingerprint density at radius 3 is 2.26 bits per heavy atom. The molecule has 1 aromatic carbocycles. The molecule has 5 heteroatoms. The number of likely N-dealkylation sites (tertiary alicyclic amines) is 1. The number of carbonyl (C=O) groups excluding carboxylic acids is 2.